The Morgan fingerprint density at radius 2 is 1.65 bits per heavy atom. The van der Waals surface area contributed by atoms with E-state index in [2.05, 4.69) is 10.6 Å². The van der Waals surface area contributed by atoms with Crippen molar-refractivity contribution in [1.29, 1.82) is 0 Å². The summed E-state index contributed by atoms with van der Waals surface area (Å²) >= 11 is 0. The fourth-order valence-corrected chi connectivity index (χ4v) is 2.28. The number of halogens is 1. The summed E-state index contributed by atoms with van der Waals surface area (Å²) in [5.41, 5.74) is 0.714. The maximum Gasteiger partial charge on any atom is 0.255 e. The number of hydrogen-bond donors (Lipinski definition) is 2. The van der Waals surface area contributed by atoms with Crippen LogP contribution in [0.15, 0.2) is 36.4 Å². The Morgan fingerprint density at radius 1 is 0.962 bits per heavy atom. The van der Waals surface area contributed by atoms with Crippen LogP contribution in [0.25, 0.3) is 0 Å². The molecule has 2 rings (SSSR count). The third kappa shape index (κ3) is 4.95. The van der Waals surface area contributed by atoms with E-state index in [-0.39, 0.29) is 5.69 Å². The van der Waals surface area contributed by atoms with Crippen molar-refractivity contribution in [3.8, 4) is 11.5 Å². The second-order valence-electron chi connectivity index (χ2n) is 5.36. The van der Waals surface area contributed by atoms with Gasteiger partial charge in [-0.25, -0.2) is 4.39 Å². The fraction of sp³-hybridized carbons (Fsp3) is 0.263. The molecule has 0 saturated carbocycles. The second-order valence-corrected chi connectivity index (χ2v) is 5.36. The van der Waals surface area contributed by atoms with Crippen LogP contribution in [0.5, 0.6) is 11.5 Å². The second kappa shape index (κ2) is 8.84. The minimum Gasteiger partial charge on any atom is -0.490 e. The largest absolute Gasteiger partial charge is 0.490 e. The summed E-state index contributed by atoms with van der Waals surface area (Å²) in [7, 11) is 0. The van der Waals surface area contributed by atoms with Gasteiger partial charge < -0.3 is 20.1 Å². The minimum atomic E-state index is -0.585. The maximum absolute atomic E-state index is 13.7. The lowest BCUT2D eigenvalue weighted by molar-refractivity contribution is -0.114. The molecule has 2 amide bonds. The minimum absolute atomic E-state index is 0.00278. The van der Waals surface area contributed by atoms with Gasteiger partial charge in [-0.15, -0.1) is 0 Å². The number of benzene rings is 2. The van der Waals surface area contributed by atoms with Crippen LogP contribution in [0, 0.1) is 5.82 Å². The van der Waals surface area contributed by atoms with Gasteiger partial charge in [-0.3, -0.25) is 9.59 Å². The van der Waals surface area contributed by atoms with Gasteiger partial charge in [0.25, 0.3) is 5.91 Å². The zero-order valence-corrected chi connectivity index (χ0v) is 14.9. The zero-order valence-electron chi connectivity index (χ0n) is 14.9. The topological polar surface area (TPSA) is 76.7 Å². The number of nitrogens with one attached hydrogen (secondary N) is 2. The average Bonchev–Trinajstić information content (AvgIpc) is 2.59. The molecule has 2 aromatic carbocycles. The van der Waals surface area contributed by atoms with Gasteiger partial charge in [0, 0.05) is 18.2 Å². The molecule has 0 spiro atoms. The molecule has 2 N–H and O–H groups in total. The van der Waals surface area contributed by atoms with E-state index in [1.54, 1.807) is 18.2 Å². The Hall–Kier alpha value is -3.09. The smallest absolute Gasteiger partial charge is 0.255 e. The van der Waals surface area contributed by atoms with Gasteiger partial charge in [0.15, 0.2) is 11.5 Å². The lowest BCUT2D eigenvalue weighted by atomic mass is 10.1. The van der Waals surface area contributed by atoms with Gasteiger partial charge in [-0.1, -0.05) is 0 Å². The molecule has 0 aliphatic carbocycles. The number of rotatable bonds is 7. The third-order valence-corrected chi connectivity index (χ3v) is 3.34. The number of amides is 2. The van der Waals surface area contributed by atoms with Crippen LogP contribution in [0.4, 0.5) is 15.8 Å². The number of anilines is 2. The first kappa shape index (κ1) is 19.2. The normalized spacial score (nSPS) is 10.2. The Kier molecular flexibility index (Phi) is 6.54. The molecule has 7 heteroatoms. The lowest BCUT2D eigenvalue weighted by Gasteiger charge is -2.13. The van der Waals surface area contributed by atoms with Gasteiger partial charge in [0.1, 0.15) is 5.82 Å². The summed E-state index contributed by atoms with van der Waals surface area (Å²) < 4.78 is 24.7. The van der Waals surface area contributed by atoms with E-state index in [9.17, 15) is 14.0 Å². The van der Waals surface area contributed by atoms with E-state index in [0.717, 1.165) is 0 Å². The molecular formula is C19H21FN2O4. The van der Waals surface area contributed by atoms with Crippen LogP contribution in [-0.2, 0) is 4.79 Å². The summed E-state index contributed by atoms with van der Waals surface area (Å²) in [6.07, 6.45) is 0. The van der Waals surface area contributed by atoms with Crippen LogP contribution < -0.4 is 20.1 Å². The molecule has 0 fully saturated rings. The molecule has 0 unspecified atom stereocenters. The van der Waals surface area contributed by atoms with E-state index in [0.29, 0.717) is 36.0 Å². The quantitative estimate of drug-likeness (QED) is 0.787. The monoisotopic (exact) mass is 360 g/mol. The number of hydrogen-bond acceptors (Lipinski definition) is 4. The first-order chi connectivity index (χ1) is 12.4. The van der Waals surface area contributed by atoms with Crippen molar-refractivity contribution in [2.75, 3.05) is 23.8 Å². The highest BCUT2D eigenvalue weighted by Crippen LogP contribution is 2.29. The zero-order chi connectivity index (χ0) is 19.1. The predicted molar refractivity (Wildman–Crippen MR) is 97.4 cm³/mol. The molecule has 6 nitrogen and oxygen atoms in total. The summed E-state index contributed by atoms with van der Waals surface area (Å²) in [4.78, 5) is 23.6. The molecule has 0 heterocycles. The van der Waals surface area contributed by atoms with Gasteiger partial charge in [-0.2, -0.15) is 0 Å². The Labute approximate surface area is 151 Å². The predicted octanol–water partition coefficient (Wildman–Crippen LogP) is 3.83. The van der Waals surface area contributed by atoms with Crippen LogP contribution >= 0.6 is 0 Å². The summed E-state index contributed by atoms with van der Waals surface area (Å²) in [5.74, 6) is -0.354. The molecule has 0 aliphatic heterocycles. The fourth-order valence-electron chi connectivity index (χ4n) is 2.28. The molecule has 0 aromatic heterocycles. The van der Waals surface area contributed by atoms with Crippen molar-refractivity contribution in [3.63, 3.8) is 0 Å². The molecule has 0 atom stereocenters. The van der Waals surface area contributed by atoms with E-state index >= 15 is 0 Å². The summed E-state index contributed by atoms with van der Waals surface area (Å²) in [6, 6.07) is 8.80. The van der Waals surface area contributed by atoms with Crippen molar-refractivity contribution >= 4 is 23.2 Å². The van der Waals surface area contributed by atoms with Gasteiger partial charge in [0.05, 0.1) is 18.9 Å². The Bertz CT molecular complexity index is 808. The number of carbonyl (C=O) groups excluding carboxylic acids is 2. The third-order valence-electron chi connectivity index (χ3n) is 3.34. The van der Waals surface area contributed by atoms with Crippen LogP contribution in [0.2, 0.25) is 0 Å². The highest BCUT2D eigenvalue weighted by atomic mass is 19.1. The van der Waals surface area contributed by atoms with Gasteiger partial charge >= 0.3 is 0 Å². The van der Waals surface area contributed by atoms with Crippen LogP contribution in [-0.4, -0.2) is 25.0 Å². The molecule has 0 bridgehead atoms. The SMILES string of the molecule is CCOc1ccc(C(=O)Nc2ccc(F)c(NC(C)=O)c2)cc1OCC. The average molecular weight is 360 g/mol. The molecule has 26 heavy (non-hydrogen) atoms. The van der Waals surface area contributed by atoms with Crippen molar-refractivity contribution < 1.29 is 23.5 Å². The Morgan fingerprint density at radius 3 is 2.31 bits per heavy atom. The van der Waals surface area contributed by atoms with E-state index in [4.69, 9.17) is 9.47 Å². The standard InChI is InChI=1S/C19H21FN2O4/c1-4-25-17-9-6-13(10-18(17)26-5-2)19(24)22-14-7-8-15(20)16(11-14)21-12(3)23/h6-11H,4-5H2,1-3H3,(H,21,23)(H,22,24). The van der Waals surface area contributed by atoms with Crippen molar-refractivity contribution in [3.05, 3.63) is 47.8 Å². The molecule has 0 saturated heterocycles. The van der Waals surface area contributed by atoms with Crippen molar-refractivity contribution in [2.24, 2.45) is 0 Å². The van der Waals surface area contributed by atoms with Crippen LogP contribution in [0.1, 0.15) is 31.1 Å². The summed E-state index contributed by atoms with van der Waals surface area (Å²) in [5, 5.41) is 5.04. The molecule has 138 valence electrons. The number of carbonyl (C=O) groups is 2. The first-order valence-corrected chi connectivity index (χ1v) is 8.22. The van der Waals surface area contributed by atoms with Gasteiger partial charge in [-0.05, 0) is 50.2 Å². The molecular weight excluding hydrogens is 339 g/mol. The van der Waals surface area contributed by atoms with Crippen molar-refractivity contribution in [1.82, 2.24) is 0 Å². The summed E-state index contributed by atoms with van der Waals surface area (Å²) in [6.45, 7) is 5.89. The number of ether oxygens (including phenoxy) is 2. The van der Waals surface area contributed by atoms with E-state index in [1.165, 1.54) is 25.1 Å². The van der Waals surface area contributed by atoms with Crippen LogP contribution in [0.3, 0.4) is 0 Å². The maximum atomic E-state index is 13.7. The first-order valence-electron chi connectivity index (χ1n) is 8.22. The van der Waals surface area contributed by atoms with Gasteiger partial charge in [0.2, 0.25) is 5.91 Å². The highest BCUT2D eigenvalue weighted by Gasteiger charge is 2.13. The van der Waals surface area contributed by atoms with E-state index in [1.807, 2.05) is 13.8 Å². The highest BCUT2D eigenvalue weighted by molar-refractivity contribution is 6.05. The van der Waals surface area contributed by atoms with E-state index < -0.39 is 17.6 Å². The van der Waals surface area contributed by atoms with Crippen molar-refractivity contribution in [2.45, 2.75) is 20.8 Å². The Balaban J connectivity index is 2.21. The molecule has 0 radical (unpaired) electrons. The lowest BCUT2D eigenvalue weighted by Crippen LogP contribution is -2.13. The molecule has 2 aromatic rings. The molecule has 0 aliphatic rings.